The monoisotopic (exact) mass is 318 g/mol. The van der Waals surface area contributed by atoms with E-state index in [4.69, 9.17) is 0 Å². The van der Waals surface area contributed by atoms with Crippen molar-refractivity contribution in [2.75, 3.05) is 13.6 Å². The quantitative estimate of drug-likeness (QED) is 0.658. The van der Waals surface area contributed by atoms with Crippen molar-refractivity contribution in [3.63, 3.8) is 0 Å². The molecule has 1 aromatic heterocycles. The predicted molar refractivity (Wildman–Crippen MR) is 87.2 cm³/mol. The van der Waals surface area contributed by atoms with Crippen LogP contribution in [0.15, 0.2) is 41.5 Å². The lowest BCUT2D eigenvalue weighted by Crippen LogP contribution is -2.38. The zero-order valence-corrected chi connectivity index (χ0v) is 13.2. The maximum absolute atomic E-state index is 13.5. The number of aryl methyl sites for hydroxylation is 1. The molecule has 0 saturated heterocycles. The van der Waals surface area contributed by atoms with E-state index in [1.807, 2.05) is 19.1 Å². The van der Waals surface area contributed by atoms with E-state index in [0.29, 0.717) is 31.0 Å². The molecule has 2 N–H and O–H groups in total. The second-order valence-electron chi connectivity index (χ2n) is 5.11. The molecule has 0 radical (unpaired) electrons. The summed E-state index contributed by atoms with van der Waals surface area (Å²) >= 11 is 0. The molecule has 2 aromatic rings. The van der Waals surface area contributed by atoms with Gasteiger partial charge in [-0.15, -0.1) is 0 Å². The number of aromatic nitrogens is 1. The highest BCUT2D eigenvalue weighted by Crippen LogP contribution is 2.09. The van der Waals surface area contributed by atoms with Gasteiger partial charge in [0.15, 0.2) is 5.96 Å². The van der Waals surface area contributed by atoms with Gasteiger partial charge in [-0.3, -0.25) is 9.98 Å². The molecule has 122 valence electrons. The Hall–Kier alpha value is -2.50. The van der Waals surface area contributed by atoms with Crippen molar-refractivity contribution in [3.8, 4) is 0 Å². The van der Waals surface area contributed by atoms with Crippen LogP contribution in [-0.4, -0.2) is 24.5 Å². The van der Waals surface area contributed by atoms with Gasteiger partial charge in [0, 0.05) is 19.8 Å². The van der Waals surface area contributed by atoms with Gasteiger partial charge in [0.25, 0.3) is 0 Å². The second-order valence-corrected chi connectivity index (χ2v) is 5.11. The predicted octanol–water partition coefficient (Wildman–Crippen LogP) is 2.58. The highest BCUT2D eigenvalue weighted by molar-refractivity contribution is 5.79. The third kappa shape index (κ3) is 5.02. The summed E-state index contributed by atoms with van der Waals surface area (Å²) in [6.45, 7) is 2.98. The Bertz CT molecular complexity index is 686. The SMILES string of the molecule is CN=C(NCCc1cc(F)ccc1F)NCc1ncccc1C. The van der Waals surface area contributed by atoms with Crippen molar-refractivity contribution in [3.05, 3.63) is 65.0 Å². The number of nitrogens with one attached hydrogen (secondary N) is 2. The summed E-state index contributed by atoms with van der Waals surface area (Å²) in [6.07, 6.45) is 2.11. The van der Waals surface area contributed by atoms with Crippen molar-refractivity contribution in [2.24, 2.45) is 4.99 Å². The van der Waals surface area contributed by atoms with Crippen molar-refractivity contribution < 1.29 is 8.78 Å². The van der Waals surface area contributed by atoms with Crippen LogP contribution < -0.4 is 10.6 Å². The number of aliphatic imine (C=N–C) groups is 1. The third-order valence-electron chi connectivity index (χ3n) is 3.46. The van der Waals surface area contributed by atoms with Crippen LogP contribution in [0.4, 0.5) is 8.78 Å². The normalized spacial score (nSPS) is 11.4. The standard InChI is InChI=1S/C17H20F2N4/c1-12-4-3-8-21-16(12)11-23-17(20-2)22-9-7-13-10-14(18)5-6-15(13)19/h3-6,8,10H,7,9,11H2,1-2H3,(H2,20,22,23). The van der Waals surface area contributed by atoms with Crippen LogP contribution in [0.5, 0.6) is 0 Å². The van der Waals surface area contributed by atoms with Crippen molar-refractivity contribution in [1.82, 2.24) is 15.6 Å². The highest BCUT2D eigenvalue weighted by Gasteiger charge is 2.05. The molecule has 0 bridgehead atoms. The molecule has 0 spiro atoms. The minimum Gasteiger partial charge on any atom is -0.356 e. The summed E-state index contributed by atoms with van der Waals surface area (Å²) in [5.74, 6) is -0.248. The Morgan fingerprint density at radius 2 is 2.04 bits per heavy atom. The molecule has 4 nitrogen and oxygen atoms in total. The number of hydrogen-bond acceptors (Lipinski definition) is 2. The zero-order valence-electron chi connectivity index (χ0n) is 13.2. The van der Waals surface area contributed by atoms with E-state index in [-0.39, 0.29) is 0 Å². The Balaban J connectivity index is 1.84. The van der Waals surface area contributed by atoms with Crippen molar-refractivity contribution in [1.29, 1.82) is 0 Å². The molecule has 0 aliphatic carbocycles. The lowest BCUT2D eigenvalue weighted by Gasteiger charge is -2.12. The van der Waals surface area contributed by atoms with Crippen LogP contribution in [0, 0.1) is 18.6 Å². The molecule has 1 aromatic carbocycles. The van der Waals surface area contributed by atoms with Crippen LogP contribution in [-0.2, 0) is 13.0 Å². The molecule has 6 heteroatoms. The number of nitrogens with zero attached hydrogens (tertiary/aromatic N) is 2. The molecule has 1 heterocycles. The smallest absolute Gasteiger partial charge is 0.191 e. The molecule has 0 atom stereocenters. The largest absolute Gasteiger partial charge is 0.356 e. The van der Waals surface area contributed by atoms with Crippen LogP contribution in [0.1, 0.15) is 16.8 Å². The summed E-state index contributed by atoms with van der Waals surface area (Å²) in [5, 5.41) is 6.22. The van der Waals surface area contributed by atoms with E-state index in [1.54, 1.807) is 13.2 Å². The number of guanidine groups is 1. The van der Waals surface area contributed by atoms with Gasteiger partial charge >= 0.3 is 0 Å². The Kier molecular flexibility index (Phi) is 6.02. The molecule has 0 fully saturated rings. The topological polar surface area (TPSA) is 49.3 Å². The van der Waals surface area contributed by atoms with Crippen molar-refractivity contribution >= 4 is 5.96 Å². The van der Waals surface area contributed by atoms with E-state index >= 15 is 0 Å². The number of halogens is 2. The first-order valence-electron chi connectivity index (χ1n) is 7.39. The van der Waals surface area contributed by atoms with E-state index in [2.05, 4.69) is 20.6 Å². The third-order valence-corrected chi connectivity index (χ3v) is 3.46. The fraction of sp³-hybridized carbons (Fsp3) is 0.294. The average molecular weight is 318 g/mol. The molecule has 23 heavy (non-hydrogen) atoms. The van der Waals surface area contributed by atoms with E-state index in [1.165, 1.54) is 6.07 Å². The van der Waals surface area contributed by atoms with Gasteiger partial charge in [-0.25, -0.2) is 8.78 Å². The highest BCUT2D eigenvalue weighted by atomic mass is 19.1. The summed E-state index contributed by atoms with van der Waals surface area (Å²) in [4.78, 5) is 8.40. The Morgan fingerprint density at radius 3 is 2.78 bits per heavy atom. The molecular formula is C17H20F2N4. The van der Waals surface area contributed by atoms with E-state index in [9.17, 15) is 8.78 Å². The number of pyridine rings is 1. The number of benzene rings is 1. The Morgan fingerprint density at radius 1 is 1.22 bits per heavy atom. The van der Waals surface area contributed by atoms with E-state index in [0.717, 1.165) is 23.4 Å². The summed E-state index contributed by atoms with van der Waals surface area (Å²) < 4.78 is 26.7. The van der Waals surface area contributed by atoms with Crippen LogP contribution in [0.25, 0.3) is 0 Å². The molecule has 2 rings (SSSR count). The first-order valence-corrected chi connectivity index (χ1v) is 7.39. The minimum atomic E-state index is -0.436. The maximum Gasteiger partial charge on any atom is 0.191 e. The van der Waals surface area contributed by atoms with Gasteiger partial charge in [-0.2, -0.15) is 0 Å². The molecular weight excluding hydrogens is 298 g/mol. The summed E-state index contributed by atoms with van der Waals surface area (Å²) in [6, 6.07) is 7.35. The fourth-order valence-electron chi connectivity index (χ4n) is 2.14. The summed E-state index contributed by atoms with van der Waals surface area (Å²) in [7, 11) is 1.66. The first-order chi connectivity index (χ1) is 11.1. The molecule has 0 unspecified atom stereocenters. The second kappa shape index (κ2) is 8.22. The van der Waals surface area contributed by atoms with E-state index < -0.39 is 11.6 Å². The van der Waals surface area contributed by atoms with Gasteiger partial charge < -0.3 is 10.6 Å². The van der Waals surface area contributed by atoms with Gasteiger partial charge in [-0.05, 0) is 48.7 Å². The number of rotatable bonds is 5. The maximum atomic E-state index is 13.5. The summed E-state index contributed by atoms with van der Waals surface area (Å²) in [5.41, 5.74) is 2.37. The molecule has 0 saturated carbocycles. The average Bonchev–Trinajstić information content (AvgIpc) is 2.55. The molecule has 0 amide bonds. The van der Waals surface area contributed by atoms with Crippen LogP contribution >= 0.6 is 0 Å². The van der Waals surface area contributed by atoms with Crippen LogP contribution in [0.3, 0.4) is 0 Å². The fourth-order valence-corrected chi connectivity index (χ4v) is 2.14. The Labute approximate surface area is 134 Å². The molecule has 0 aliphatic heterocycles. The first kappa shape index (κ1) is 16.9. The van der Waals surface area contributed by atoms with Crippen LogP contribution in [0.2, 0.25) is 0 Å². The molecule has 0 aliphatic rings. The lowest BCUT2D eigenvalue weighted by molar-refractivity contribution is 0.583. The minimum absolute atomic E-state index is 0.341. The number of hydrogen-bond donors (Lipinski definition) is 2. The van der Waals surface area contributed by atoms with Gasteiger partial charge in [0.2, 0.25) is 0 Å². The van der Waals surface area contributed by atoms with Gasteiger partial charge in [0.1, 0.15) is 11.6 Å². The van der Waals surface area contributed by atoms with Crippen molar-refractivity contribution in [2.45, 2.75) is 19.9 Å². The van der Waals surface area contributed by atoms with Gasteiger partial charge in [-0.1, -0.05) is 6.07 Å². The lowest BCUT2D eigenvalue weighted by atomic mass is 10.1. The zero-order chi connectivity index (χ0) is 16.7. The van der Waals surface area contributed by atoms with Gasteiger partial charge in [0.05, 0.1) is 12.2 Å².